The Kier molecular flexibility index (Phi) is 5.03. The highest BCUT2D eigenvalue weighted by Crippen LogP contribution is 2.39. The predicted octanol–water partition coefficient (Wildman–Crippen LogP) is 6.42. The van der Waals surface area contributed by atoms with Crippen molar-refractivity contribution in [2.75, 3.05) is 0 Å². The summed E-state index contributed by atoms with van der Waals surface area (Å²) in [4.78, 5) is 13.3. The van der Waals surface area contributed by atoms with Gasteiger partial charge in [-0.15, -0.1) is 11.3 Å². The molecule has 2 aromatic carbocycles. The van der Waals surface area contributed by atoms with E-state index >= 15 is 0 Å². The quantitative estimate of drug-likeness (QED) is 0.255. The molecule has 1 heterocycles. The summed E-state index contributed by atoms with van der Waals surface area (Å²) in [7, 11) is 0. The van der Waals surface area contributed by atoms with Crippen LogP contribution in [0.5, 0.6) is 5.75 Å². The summed E-state index contributed by atoms with van der Waals surface area (Å²) in [6, 6.07) is 13.3. The van der Waals surface area contributed by atoms with Crippen LogP contribution in [0.3, 0.4) is 0 Å². The number of carbonyl (C=O) groups excluding carboxylic acids is 1. The lowest BCUT2D eigenvalue weighted by atomic mass is 10.0. The summed E-state index contributed by atoms with van der Waals surface area (Å²) in [5, 5.41) is 1.42. The molecule has 0 saturated heterocycles. The van der Waals surface area contributed by atoms with Gasteiger partial charge in [0.2, 0.25) is 5.78 Å². The molecule has 0 aliphatic rings. The third kappa shape index (κ3) is 3.02. The number of benzene rings is 2. The first kappa shape index (κ1) is 16.2. The van der Waals surface area contributed by atoms with Gasteiger partial charge >= 0.3 is 0 Å². The van der Waals surface area contributed by atoms with Crippen molar-refractivity contribution in [1.82, 2.24) is 0 Å². The number of hydrogen-bond donors (Lipinski definition) is 0. The Balaban J connectivity index is 2.09. The van der Waals surface area contributed by atoms with E-state index in [0.29, 0.717) is 21.9 Å². The van der Waals surface area contributed by atoms with Crippen LogP contribution in [0, 0.1) is 6.92 Å². The molecule has 0 amide bonds. The molecule has 0 fully saturated rings. The first-order valence-corrected chi connectivity index (χ1v) is 11.7. The van der Waals surface area contributed by atoms with Crippen molar-refractivity contribution in [3.05, 3.63) is 63.5 Å². The number of aryl methyl sites for hydroxylation is 1. The second-order valence-electron chi connectivity index (χ2n) is 4.73. The van der Waals surface area contributed by atoms with Crippen LogP contribution in [0.2, 0.25) is 5.02 Å². The van der Waals surface area contributed by atoms with E-state index in [9.17, 15) is 4.79 Å². The number of carbonyl (C=O) groups is 1. The molecule has 6 heteroatoms. The lowest BCUT2D eigenvalue weighted by Crippen LogP contribution is -2.01. The fourth-order valence-electron chi connectivity index (χ4n) is 2.25. The number of ketones is 1. The van der Waals surface area contributed by atoms with E-state index in [1.54, 1.807) is 0 Å². The van der Waals surface area contributed by atoms with Crippen LogP contribution in [-0.4, -0.2) is 5.78 Å². The van der Waals surface area contributed by atoms with Crippen LogP contribution < -0.4 is 4.52 Å². The van der Waals surface area contributed by atoms with E-state index in [2.05, 4.69) is 22.0 Å². The maximum atomic E-state index is 12.8. The SMILES string of the molecule is Cc1ccccc1C(=O)c1sc2cc(OPI)ccc2c1Cl. The van der Waals surface area contributed by atoms with E-state index in [1.165, 1.54) is 11.3 Å². The molecule has 0 spiro atoms. The van der Waals surface area contributed by atoms with E-state index in [-0.39, 0.29) is 5.78 Å². The van der Waals surface area contributed by atoms with Crippen LogP contribution >= 0.6 is 51.4 Å². The second-order valence-corrected chi connectivity index (χ2v) is 7.84. The maximum absolute atomic E-state index is 12.8. The minimum Gasteiger partial charge on any atom is -0.467 e. The maximum Gasteiger partial charge on any atom is 0.204 e. The van der Waals surface area contributed by atoms with Crippen LogP contribution in [0.1, 0.15) is 20.8 Å². The molecule has 0 saturated carbocycles. The van der Waals surface area contributed by atoms with Crippen molar-refractivity contribution >= 4 is 67.3 Å². The van der Waals surface area contributed by atoms with Gasteiger partial charge in [0, 0.05) is 15.6 Å². The van der Waals surface area contributed by atoms with Crippen LogP contribution in [-0.2, 0) is 0 Å². The molecule has 1 unspecified atom stereocenters. The largest absolute Gasteiger partial charge is 0.467 e. The molecule has 0 radical (unpaired) electrons. The van der Waals surface area contributed by atoms with Gasteiger partial charge in [-0.1, -0.05) is 35.9 Å². The molecule has 112 valence electrons. The molecule has 3 rings (SSSR count). The van der Waals surface area contributed by atoms with Gasteiger partial charge in [0.15, 0.2) is 0 Å². The summed E-state index contributed by atoms with van der Waals surface area (Å²) in [5.41, 5.74) is 1.65. The third-order valence-corrected chi connectivity index (χ3v) is 5.98. The van der Waals surface area contributed by atoms with Crippen LogP contribution in [0.25, 0.3) is 10.1 Å². The molecular weight excluding hydrogens is 450 g/mol. The molecule has 22 heavy (non-hydrogen) atoms. The highest BCUT2D eigenvalue weighted by molar-refractivity contribution is 14.2. The van der Waals surface area contributed by atoms with Gasteiger partial charge < -0.3 is 4.52 Å². The number of fused-ring (bicyclic) bond motifs is 1. The normalized spacial score (nSPS) is 11.4. The average molecular weight is 461 g/mol. The highest BCUT2D eigenvalue weighted by Gasteiger charge is 2.20. The van der Waals surface area contributed by atoms with Gasteiger partial charge in [-0.25, -0.2) is 0 Å². The Morgan fingerprint density at radius 3 is 2.77 bits per heavy atom. The van der Waals surface area contributed by atoms with Crippen molar-refractivity contribution in [2.24, 2.45) is 0 Å². The van der Waals surface area contributed by atoms with Crippen molar-refractivity contribution in [1.29, 1.82) is 0 Å². The standard InChI is InChI=1S/C16H11ClIO2PS/c1-9-4-2-3-5-11(9)15(19)16-14(17)12-7-6-10(20-21-18)8-13(12)22-16/h2-8,21H,1H3. The zero-order valence-electron chi connectivity index (χ0n) is 11.5. The molecule has 1 aromatic heterocycles. The zero-order chi connectivity index (χ0) is 15.7. The Morgan fingerprint density at radius 1 is 1.27 bits per heavy atom. The second kappa shape index (κ2) is 6.83. The Bertz CT molecular complexity index is 862. The minimum atomic E-state index is -0.0254. The first-order chi connectivity index (χ1) is 10.6. The third-order valence-electron chi connectivity index (χ3n) is 3.35. The first-order valence-electron chi connectivity index (χ1n) is 6.46. The van der Waals surface area contributed by atoms with Gasteiger partial charge in [0.1, 0.15) is 12.2 Å². The van der Waals surface area contributed by atoms with Gasteiger partial charge in [0.25, 0.3) is 0 Å². The number of thiophene rings is 1. The Hall–Kier alpha value is -0.680. The molecule has 0 aliphatic carbocycles. The summed E-state index contributed by atoms with van der Waals surface area (Å²) < 4.78 is 6.49. The number of rotatable bonds is 4. The molecule has 0 N–H and O–H groups in total. The summed E-state index contributed by atoms with van der Waals surface area (Å²) >= 11 is 10.0. The molecule has 1 atom stereocenters. The summed E-state index contributed by atoms with van der Waals surface area (Å²) in [6.45, 7) is 2.29. The Morgan fingerprint density at radius 2 is 2.05 bits per heavy atom. The minimum absolute atomic E-state index is 0.0254. The molecular formula is C16H11ClIO2PS. The van der Waals surface area contributed by atoms with Crippen LogP contribution in [0.15, 0.2) is 42.5 Å². The fraction of sp³-hybridized carbons (Fsp3) is 0.0625. The van der Waals surface area contributed by atoms with E-state index in [0.717, 1.165) is 21.4 Å². The monoisotopic (exact) mass is 460 g/mol. The Labute approximate surface area is 152 Å². The topological polar surface area (TPSA) is 26.3 Å². The van der Waals surface area contributed by atoms with E-state index in [4.69, 9.17) is 16.1 Å². The van der Waals surface area contributed by atoms with Crippen molar-refractivity contribution in [2.45, 2.75) is 6.92 Å². The fourth-order valence-corrected chi connectivity index (χ4v) is 4.73. The van der Waals surface area contributed by atoms with Gasteiger partial charge in [-0.3, -0.25) is 4.79 Å². The van der Waals surface area contributed by atoms with E-state index in [1.807, 2.05) is 49.4 Å². The van der Waals surface area contributed by atoms with Gasteiger partial charge in [0.05, 0.1) is 9.90 Å². The van der Waals surface area contributed by atoms with Crippen molar-refractivity contribution < 1.29 is 9.32 Å². The summed E-state index contributed by atoms with van der Waals surface area (Å²) in [5.74, 6) is 0.774. The van der Waals surface area contributed by atoms with Gasteiger partial charge in [-0.05, 0) is 52.7 Å². The smallest absolute Gasteiger partial charge is 0.204 e. The molecule has 0 aliphatic heterocycles. The zero-order valence-corrected chi connectivity index (χ0v) is 16.3. The lowest BCUT2D eigenvalue weighted by molar-refractivity contribution is 0.104. The molecule has 3 aromatic rings. The van der Waals surface area contributed by atoms with Gasteiger partial charge in [-0.2, -0.15) is 0 Å². The van der Waals surface area contributed by atoms with E-state index < -0.39 is 0 Å². The van der Waals surface area contributed by atoms with Crippen molar-refractivity contribution in [3.63, 3.8) is 0 Å². The lowest BCUT2D eigenvalue weighted by Gasteiger charge is -2.02. The summed E-state index contributed by atoms with van der Waals surface area (Å²) in [6.07, 6.45) is 0. The van der Waals surface area contributed by atoms with Crippen molar-refractivity contribution in [3.8, 4) is 5.75 Å². The molecule has 2 nitrogen and oxygen atoms in total. The number of halogens is 2. The van der Waals surface area contributed by atoms with Crippen LogP contribution in [0.4, 0.5) is 0 Å². The molecule has 0 bridgehead atoms. The highest BCUT2D eigenvalue weighted by atomic mass is 127. The average Bonchev–Trinajstić information content (AvgIpc) is 2.84. The number of hydrogen-bond acceptors (Lipinski definition) is 3. The predicted molar refractivity (Wildman–Crippen MR) is 104 cm³/mol.